The van der Waals surface area contributed by atoms with Gasteiger partial charge < -0.3 is 29.9 Å². The Labute approximate surface area is 217 Å². The molecule has 1 fully saturated rings. The third-order valence-electron chi connectivity index (χ3n) is 6.49. The number of alkyl halides is 3. The fraction of sp³-hybridized carbons (Fsp3) is 0.346. The lowest BCUT2D eigenvalue weighted by molar-refractivity contribution is -0.139. The minimum Gasteiger partial charge on any atom is -0.382 e. The predicted octanol–water partition coefficient (Wildman–Crippen LogP) is 5.08. The smallest absolute Gasteiger partial charge is 0.382 e. The normalized spacial score (nSPS) is 15.1. The minimum absolute atomic E-state index is 0.0101. The molecule has 1 aliphatic rings. The van der Waals surface area contributed by atoms with Gasteiger partial charge >= 0.3 is 12.2 Å². The maximum absolute atomic E-state index is 13.6. The summed E-state index contributed by atoms with van der Waals surface area (Å²) >= 11 is 0. The van der Waals surface area contributed by atoms with Crippen LogP contribution in [0.3, 0.4) is 0 Å². The molecule has 12 heteroatoms. The van der Waals surface area contributed by atoms with E-state index < -0.39 is 18.8 Å². The molecule has 0 bridgehead atoms. The predicted molar refractivity (Wildman–Crippen MR) is 138 cm³/mol. The summed E-state index contributed by atoms with van der Waals surface area (Å²) < 4.78 is 47.2. The zero-order chi connectivity index (χ0) is 26.7. The van der Waals surface area contributed by atoms with Crippen molar-refractivity contribution in [3.8, 4) is 11.5 Å². The standard InChI is InChI=1S/C26H28F3N7O2/c1-35-12-10-18(11-13-35)31-20-8-5-9-21-19(20)14-22(36(21)16-26(27,28)29)24-33-23(38-34-24)15-30-25(37)32-17-6-3-2-4-7-17/h2-9,14,18,31H,10-13,15-16H2,1H3,(H2,30,32,37). The molecule has 9 nitrogen and oxygen atoms in total. The number of nitrogens with one attached hydrogen (secondary N) is 3. The van der Waals surface area contributed by atoms with E-state index in [2.05, 4.69) is 38.0 Å². The van der Waals surface area contributed by atoms with Crippen LogP contribution in [0.15, 0.2) is 59.1 Å². The van der Waals surface area contributed by atoms with Crippen molar-refractivity contribution >= 4 is 28.3 Å². The maximum Gasteiger partial charge on any atom is 0.406 e. The number of aromatic nitrogens is 3. The van der Waals surface area contributed by atoms with Gasteiger partial charge in [0.2, 0.25) is 11.7 Å². The Morgan fingerprint density at radius 1 is 1.11 bits per heavy atom. The summed E-state index contributed by atoms with van der Waals surface area (Å²) in [6.45, 7) is 0.618. The number of fused-ring (bicyclic) bond motifs is 1. The highest BCUT2D eigenvalue weighted by atomic mass is 19.4. The third kappa shape index (κ3) is 6.08. The van der Waals surface area contributed by atoms with Crippen molar-refractivity contribution in [1.29, 1.82) is 0 Å². The summed E-state index contributed by atoms with van der Waals surface area (Å²) in [5.41, 5.74) is 1.97. The molecule has 2 aromatic carbocycles. The maximum atomic E-state index is 13.6. The highest BCUT2D eigenvalue weighted by Crippen LogP contribution is 2.34. The first-order valence-electron chi connectivity index (χ1n) is 12.3. The van der Waals surface area contributed by atoms with Gasteiger partial charge in [-0.05, 0) is 63.3 Å². The summed E-state index contributed by atoms with van der Waals surface area (Å²) in [7, 11) is 2.07. The number of carbonyl (C=O) groups excluding carboxylic acids is 1. The van der Waals surface area contributed by atoms with Gasteiger partial charge in [-0.2, -0.15) is 18.2 Å². The Kier molecular flexibility index (Phi) is 7.23. The van der Waals surface area contributed by atoms with Crippen LogP contribution in [0.2, 0.25) is 0 Å². The van der Waals surface area contributed by atoms with E-state index in [-0.39, 0.29) is 30.0 Å². The molecule has 3 N–H and O–H groups in total. The highest BCUT2D eigenvalue weighted by molar-refractivity contribution is 5.96. The lowest BCUT2D eigenvalue weighted by atomic mass is 10.0. The van der Waals surface area contributed by atoms with Crippen molar-refractivity contribution in [3.63, 3.8) is 0 Å². The molecule has 0 radical (unpaired) electrons. The quantitative estimate of drug-likeness (QED) is 0.310. The van der Waals surface area contributed by atoms with E-state index in [0.717, 1.165) is 36.2 Å². The number of halogens is 3. The van der Waals surface area contributed by atoms with Gasteiger partial charge in [0, 0.05) is 22.8 Å². The Balaban J connectivity index is 1.38. The van der Waals surface area contributed by atoms with Crippen LogP contribution < -0.4 is 16.0 Å². The summed E-state index contributed by atoms with van der Waals surface area (Å²) in [4.78, 5) is 18.7. The van der Waals surface area contributed by atoms with E-state index in [0.29, 0.717) is 16.6 Å². The molecule has 0 spiro atoms. The summed E-state index contributed by atoms with van der Waals surface area (Å²) in [5, 5.41) is 13.4. The van der Waals surface area contributed by atoms with Gasteiger partial charge in [0.05, 0.1) is 17.8 Å². The van der Waals surface area contributed by atoms with Crippen molar-refractivity contribution in [2.24, 2.45) is 0 Å². The van der Waals surface area contributed by atoms with E-state index in [1.165, 1.54) is 0 Å². The lowest BCUT2D eigenvalue weighted by Crippen LogP contribution is -2.36. The second-order valence-electron chi connectivity index (χ2n) is 9.38. The molecule has 38 heavy (non-hydrogen) atoms. The van der Waals surface area contributed by atoms with Crippen LogP contribution in [0.4, 0.5) is 29.3 Å². The molecule has 2 aromatic heterocycles. The Morgan fingerprint density at radius 2 is 1.87 bits per heavy atom. The fourth-order valence-corrected chi connectivity index (χ4v) is 4.60. The topological polar surface area (TPSA) is 100 Å². The molecule has 0 unspecified atom stereocenters. The zero-order valence-corrected chi connectivity index (χ0v) is 20.8. The lowest BCUT2D eigenvalue weighted by Gasteiger charge is -2.30. The van der Waals surface area contributed by atoms with Crippen LogP contribution in [-0.2, 0) is 13.1 Å². The fourth-order valence-electron chi connectivity index (χ4n) is 4.60. The molecule has 0 atom stereocenters. The van der Waals surface area contributed by atoms with Crippen molar-refractivity contribution in [1.82, 2.24) is 24.9 Å². The first kappa shape index (κ1) is 25.6. The van der Waals surface area contributed by atoms with Crippen molar-refractivity contribution in [2.45, 2.75) is 38.1 Å². The molecule has 1 aliphatic heterocycles. The minimum atomic E-state index is -4.46. The second kappa shape index (κ2) is 10.7. The van der Waals surface area contributed by atoms with Gasteiger partial charge in [-0.1, -0.05) is 29.4 Å². The average molecular weight is 528 g/mol. The number of amides is 2. The number of rotatable bonds is 7. The summed E-state index contributed by atoms with van der Waals surface area (Å²) in [6, 6.07) is 15.6. The molecule has 200 valence electrons. The monoisotopic (exact) mass is 527 g/mol. The van der Waals surface area contributed by atoms with Crippen LogP contribution in [-0.4, -0.2) is 58.0 Å². The Morgan fingerprint density at radius 3 is 2.61 bits per heavy atom. The molecule has 4 aromatic rings. The first-order chi connectivity index (χ1) is 18.2. The van der Waals surface area contributed by atoms with Gasteiger partial charge in [-0.25, -0.2) is 4.79 Å². The van der Waals surface area contributed by atoms with Crippen LogP contribution in [0.25, 0.3) is 22.4 Å². The van der Waals surface area contributed by atoms with Gasteiger partial charge in [0.25, 0.3) is 0 Å². The number of benzene rings is 2. The summed E-state index contributed by atoms with van der Waals surface area (Å²) in [5.74, 6) is 0.0765. The molecule has 3 heterocycles. The number of anilines is 2. The van der Waals surface area contributed by atoms with E-state index in [9.17, 15) is 18.0 Å². The van der Waals surface area contributed by atoms with Crippen molar-refractivity contribution in [2.75, 3.05) is 30.8 Å². The molecule has 2 amide bonds. The molecule has 0 saturated carbocycles. The molecular weight excluding hydrogens is 499 g/mol. The average Bonchev–Trinajstić information content (AvgIpc) is 3.49. The zero-order valence-electron chi connectivity index (χ0n) is 20.8. The van der Waals surface area contributed by atoms with Crippen LogP contribution in [0.1, 0.15) is 18.7 Å². The van der Waals surface area contributed by atoms with E-state index in [1.807, 2.05) is 12.1 Å². The van der Waals surface area contributed by atoms with Gasteiger partial charge in [-0.3, -0.25) is 0 Å². The van der Waals surface area contributed by atoms with Gasteiger partial charge in [0.1, 0.15) is 6.54 Å². The molecule has 5 rings (SSSR count). The number of nitrogens with zero attached hydrogens (tertiary/aromatic N) is 4. The largest absolute Gasteiger partial charge is 0.406 e. The number of hydrogen-bond donors (Lipinski definition) is 3. The third-order valence-corrected chi connectivity index (χ3v) is 6.49. The second-order valence-corrected chi connectivity index (χ2v) is 9.38. The molecule has 0 aliphatic carbocycles. The number of likely N-dealkylation sites (tertiary alicyclic amines) is 1. The Hall–Kier alpha value is -4.06. The van der Waals surface area contributed by atoms with Crippen molar-refractivity contribution in [3.05, 3.63) is 60.5 Å². The van der Waals surface area contributed by atoms with E-state index >= 15 is 0 Å². The van der Waals surface area contributed by atoms with E-state index in [4.69, 9.17) is 4.52 Å². The molecular formula is C26H28F3N7O2. The number of carbonyl (C=O) groups is 1. The highest BCUT2D eigenvalue weighted by Gasteiger charge is 2.31. The molecule has 1 saturated heterocycles. The number of hydrogen-bond acceptors (Lipinski definition) is 6. The Bertz CT molecular complexity index is 1390. The van der Waals surface area contributed by atoms with E-state index in [1.54, 1.807) is 42.5 Å². The SMILES string of the molecule is CN1CCC(Nc2cccc3c2cc(-c2noc(CNC(=O)Nc4ccccc4)n2)n3CC(F)(F)F)CC1. The number of urea groups is 1. The van der Waals surface area contributed by atoms with Crippen molar-refractivity contribution < 1.29 is 22.5 Å². The van der Waals surface area contributed by atoms with Gasteiger partial charge in [-0.15, -0.1) is 0 Å². The summed E-state index contributed by atoms with van der Waals surface area (Å²) in [6.07, 6.45) is -2.56. The number of piperidine rings is 1. The number of para-hydroxylation sites is 1. The van der Waals surface area contributed by atoms with Gasteiger partial charge in [0.15, 0.2) is 0 Å². The van der Waals surface area contributed by atoms with Crippen LogP contribution >= 0.6 is 0 Å². The van der Waals surface area contributed by atoms with Crippen LogP contribution in [0, 0.1) is 0 Å². The first-order valence-corrected chi connectivity index (χ1v) is 12.3. The van der Waals surface area contributed by atoms with Crippen LogP contribution in [0.5, 0.6) is 0 Å².